The predicted octanol–water partition coefficient (Wildman–Crippen LogP) is 3.19. The van der Waals surface area contributed by atoms with Crippen LogP contribution in [0.1, 0.15) is 36.2 Å². The third-order valence-electron chi connectivity index (χ3n) is 4.67. The van der Waals surface area contributed by atoms with Crippen LogP contribution in [-0.2, 0) is 12.0 Å². The second-order valence-electron chi connectivity index (χ2n) is 5.95. The lowest BCUT2D eigenvalue weighted by molar-refractivity contribution is 0.273. The van der Waals surface area contributed by atoms with Gasteiger partial charge >= 0.3 is 0 Å². The van der Waals surface area contributed by atoms with Crippen molar-refractivity contribution in [3.8, 4) is 0 Å². The summed E-state index contributed by atoms with van der Waals surface area (Å²) >= 11 is 0. The van der Waals surface area contributed by atoms with Crippen LogP contribution in [0.25, 0.3) is 0 Å². The lowest BCUT2D eigenvalue weighted by Gasteiger charge is -2.41. The van der Waals surface area contributed by atoms with Crippen LogP contribution < -0.4 is 0 Å². The topological polar surface area (TPSA) is 43.6 Å². The Kier molecular flexibility index (Phi) is 3.22. The Hall–Kier alpha value is -2.49. The standard InChI is InChI=1S/C18H18N4/c1-3-8-15(9-4-1)14-22-17(19-20-21-22)18(12-7-13-18)16-10-5-2-6-11-16/h1-6,8-11H,7,12-14H2. The van der Waals surface area contributed by atoms with Gasteiger partial charge in [-0.2, -0.15) is 0 Å². The van der Waals surface area contributed by atoms with Gasteiger partial charge in [0.05, 0.1) is 12.0 Å². The Bertz CT molecular complexity index is 745. The Morgan fingerprint density at radius 1 is 0.909 bits per heavy atom. The van der Waals surface area contributed by atoms with Crippen LogP contribution in [0.5, 0.6) is 0 Å². The van der Waals surface area contributed by atoms with Gasteiger partial charge in [0.1, 0.15) is 0 Å². The summed E-state index contributed by atoms with van der Waals surface area (Å²) < 4.78 is 1.96. The van der Waals surface area contributed by atoms with Crippen molar-refractivity contribution in [2.75, 3.05) is 0 Å². The molecule has 4 heteroatoms. The zero-order valence-corrected chi connectivity index (χ0v) is 12.4. The monoisotopic (exact) mass is 290 g/mol. The molecule has 110 valence electrons. The van der Waals surface area contributed by atoms with Gasteiger partial charge in [-0.05, 0) is 34.4 Å². The number of nitrogens with zero attached hydrogens (tertiary/aromatic N) is 4. The van der Waals surface area contributed by atoms with E-state index in [1.165, 1.54) is 17.5 Å². The average molecular weight is 290 g/mol. The van der Waals surface area contributed by atoms with Gasteiger partial charge in [-0.25, -0.2) is 4.68 Å². The van der Waals surface area contributed by atoms with Gasteiger partial charge in [0, 0.05) is 0 Å². The van der Waals surface area contributed by atoms with Crippen LogP contribution in [0.3, 0.4) is 0 Å². The van der Waals surface area contributed by atoms with E-state index in [1.807, 2.05) is 10.7 Å². The van der Waals surface area contributed by atoms with Crippen molar-refractivity contribution in [2.45, 2.75) is 31.2 Å². The highest BCUT2D eigenvalue weighted by Gasteiger charge is 2.44. The van der Waals surface area contributed by atoms with Crippen LogP contribution in [0.2, 0.25) is 0 Å². The minimum Gasteiger partial charge on any atom is -0.224 e. The number of tetrazole rings is 1. The summed E-state index contributed by atoms with van der Waals surface area (Å²) in [4.78, 5) is 0. The number of benzene rings is 2. The van der Waals surface area contributed by atoms with E-state index < -0.39 is 0 Å². The van der Waals surface area contributed by atoms with Crippen molar-refractivity contribution in [3.05, 3.63) is 77.6 Å². The average Bonchev–Trinajstić information content (AvgIpc) is 2.97. The molecule has 0 amide bonds. The SMILES string of the molecule is c1ccc(Cn2nnnc2C2(c3ccccc3)CCC2)cc1. The van der Waals surface area contributed by atoms with Crippen LogP contribution in [0.15, 0.2) is 60.7 Å². The number of hydrogen-bond donors (Lipinski definition) is 0. The molecule has 1 aliphatic carbocycles. The summed E-state index contributed by atoms with van der Waals surface area (Å²) in [5, 5.41) is 12.6. The van der Waals surface area contributed by atoms with Crippen LogP contribution in [0, 0.1) is 0 Å². The molecule has 0 radical (unpaired) electrons. The normalized spacial score (nSPS) is 16.2. The highest BCUT2D eigenvalue weighted by Crippen LogP contribution is 2.47. The summed E-state index contributed by atoms with van der Waals surface area (Å²) in [5.74, 6) is 0.994. The molecular formula is C18H18N4. The highest BCUT2D eigenvalue weighted by molar-refractivity contribution is 5.35. The molecule has 22 heavy (non-hydrogen) atoms. The molecule has 3 aromatic rings. The molecule has 4 nitrogen and oxygen atoms in total. The fourth-order valence-electron chi connectivity index (χ4n) is 3.34. The zero-order valence-electron chi connectivity index (χ0n) is 12.4. The molecule has 0 N–H and O–H groups in total. The highest BCUT2D eigenvalue weighted by atomic mass is 15.5. The molecule has 0 aliphatic heterocycles. The maximum Gasteiger partial charge on any atom is 0.162 e. The van der Waals surface area contributed by atoms with E-state index in [9.17, 15) is 0 Å². The molecule has 0 spiro atoms. The van der Waals surface area contributed by atoms with E-state index in [-0.39, 0.29) is 5.41 Å². The van der Waals surface area contributed by atoms with Gasteiger partial charge in [0.25, 0.3) is 0 Å². The molecule has 2 aromatic carbocycles. The van der Waals surface area contributed by atoms with Crippen LogP contribution >= 0.6 is 0 Å². The Morgan fingerprint density at radius 3 is 2.23 bits per heavy atom. The molecule has 4 rings (SSSR count). The van der Waals surface area contributed by atoms with E-state index in [0.717, 1.165) is 25.2 Å². The van der Waals surface area contributed by atoms with E-state index in [0.29, 0.717) is 0 Å². The molecule has 1 heterocycles. The van der Waals surface area contributed by atoms with E-state index >= 15 is 0 Å². The fraction of sp³-hybridized carbons (Fsp3) is 0.278. The van der Waals surface area contributed by atoms with Gasteiger partial charge in [-0.15, -0.1) is 5.10 Å². The fourth-order valence-corrected chi connectivity index (χ4v) is 3.34. The molecular weight excluding hydrogens is 272 g/mol. The van der Waals surface area contributed by atoms with Gasteiger partial charge in [-0.1, -0.05) is 67.1 Å². The first-order chi connectivity index (χ1) is 10.9. The lowest BCUT2D eigenvalue weighted by Crippen LogP contribution is -2.38. The smallest absolute Gasteiger partial charge is 0.162 e. The van der Waals surface area contributed by atoms with Gasteiger partial charge in [0.15, 0.2) is 5.82 Å². The van der Waals surface area contributed by atoms with E-state index in [1.54, 1.807) is 0 Å². The summed E-state index contributed by atoms with van der Waals surface area (Å²) in [5.41, 5.74) is 2.53. The Labute approximate surface area is 129 Å². The molecule has 0 saturated heterocycles. The van der Waals surface area contributed by atoms with Crippen molar-refractivity contribution in [2.24, 2.45) is 0 Å². The molecule has 1 aromatic heterocycles. The largest absolute Gasteiger partial charge is 0.224 e. The summed E-state index contributed by atoms with van der Waals surface area (Å²) in [6.45, 7) is 0.720. The molecule has 1 saturated carbocycles. The third kappa shape index (κ3) is 2.11. The van der Waals surface area contributed by atoms with Crippen LogP contribution in [-0.4, -0.2) is 20.2 Å². The number of aromatic nitrogens is 4. The minimum absolute atomic E-state index is 0.0143. The van der Waals surface area contributed by atoms with Gasteiger partial charge < -0.3 is 0 Å². The van der Waals surface area contributed by atoms with Crippen molar-refractivity contribution in [3.63, 3.8) is 0 Å². The predicted molar refractivity (Wildman–Crippen MR) is 84.4 cm³/mol. The lowest BCUT2D eigenvalue weighted by atomic mass is 9.64. The van der Waals surface area contributed by atoms with Crippen LogP contribution in [0.4, 0.5) is 0 Å². The second kappa shape index (κ2) is 5.37. The third-order valence-corrected chi connectivity index (χ3v) is 4.67. The van der Waals surface area contributed by atoms with Crippen molar-refractivity contribution in [1.29, 1.82) is 0 Å². The first-order valence-corrected chi connectivity index (χ1v) is 7.75. The van der Waals surface area contributed by atoms with E-state index in [2.05, 4.69) is 70.1 Å². The van der Waals surface area contributed by atoms with Gasteiger partial charge in [0.2, 0.25) is 0 Å². The molecule has 0 bridgehead atoms. The Morgan fingerprint density at radius 2 is 1.59 bits per heavy atom. The maximum atomic E-state index is 4.38. The molecule has 0 unspecified atom stereocenters. The summed E-state index contributed by atoms with van der Waals surface area (Å²) in [7, 11) is 0. The quantitative estimate of drug-likeness (QED) is 0.741. The zero-order chi connectivity index (χ0) is 14.8. The number of hydrogen-bond acceptors (Lipinski definition) is 3. The van der Waals surface area contributed by atoms with Crippen molar-refractivity contribution in [1.82, 2.24) is 20.2 Å². The molecule has 1 fully saturated rings. The first kappa shape index (κ1) is 13.2. The molecule has 0 atom stereocenters. The molecule has 1 aliphatic rings. The van der Waals surface area contributed by atoms with Crippen molar-refractivity contribution >= 4 is 0 Å². The number of rotatable bonds is 4. The maximum absolute atomic E-state index is 4.38. The first-order valence-electron chi connectivity index (χ1n) is 7.75. The summed E-state index contributed by atoms with van der Waals surface area (Å²) in [6, 6.07) is 21.0. The van der Waals surface area contributed by atoms with Crippen molar-refractivity contribution < 1.29 is 0 Å². The summed E-state index contributed by atoms with van der Waals surface area (Å²) in [6.07, 6.45) is 3.46. The van der Waals surface area contributed by atoms with Gasteiger partial charge in [-0.3, -0.25) is 0 Å². The Balaban J connectivity index is 1.72. The second-order valence-corrected chi connectivity index (χ2v) is 5.95. The minimum atomic E-state index is -0.0143. The van der Waals surface area contributed by atoms with E-state index in [4.69, 9.17) is 0 Å².